The van der Waals surface area contributed by atoms with Gasteiger partial charge in [0.15, 0.2) is 0 Å². The predicted molar refractivity (Wildman–Crippen MR) is 57.2 cm³/mol. The molecule has 0 saturated heterocycles. The fourth-order valence-corrected chi connectivity index (χ4v) is 2.43. The van der Waals surface area contributed by atoms with Crippen LogP contribution in [0.15, 0.2) is 6.07 Å². The van der Waals surface area contributed by atoms with Crippen LogP contribution in [0.3, 0.4) is 0 Å². The molecule has 0 amide bonds. The molecule has 0 spiro atoms. The van der Waals surface area contributed by atoms with Crippen molar-refractivity contribution in [1.29, 1.82) is 0 Å². The monoisotopic (exact) mass is 193 g/mol. The van der Waals surface area contributed by atoms with Gasteiger partial charge in [-0.25, -0.2) is 0 Å². The largest absolute Gasteiger partial charge is 0.326 e. The van der Waals surface area contributed by atoms with Crippen LogP contribution in [0.5, 0.6) is 0 Å². The molecule has 0 aromatic carbocycles. The molecule has 2 atom stereocenters. The van der Waals surface area contributed by atoms with Gasteiger partial charge in [-0.2, -0.15) is 5.10 Å². The highest BCUT2D eigenvalue weighted by Crippen LogP contribution is 2.27. The van der Waals surface area contributed by atoms with Crippen LogP contribution in [-0.4, -0.2) is 15.8 Å². The van der Waals surface area contributed by atoms with Crippen LogP contribution in [0.2, 0.25) is 0 Å². The quantitative estimate of drug-likeness (QED) is 0.740. The number of nitrogens with zero attached hydrogens (tertiary/aromatic N) is 2. The van der Waals surface area contributed by atoms with Crippen LogP contribution in [0.4, 0.5) is 0 Å². The Morgan fingerprint density at radius 1 is 1.36 bits per heavy atom. The third-order valence-electron chi connectivity index (χ3n) is 3.14. The van der Waals surface area contributed by atoms with E-state index in [1.807, 2.05) is 6.92 Å². The lowest BCUT2D eigenvalue weighted by molar-refractivity contribution is 0.282. The summed E-state index contributed by atoms with van der Waals surface area (Å²) in [4.78, 5) is 0. The maximum atomic E-state index is 6.13. The first-order valence-electron chi connectivity index (χ1n) is 5.47. The van der Waals surface area contributed by atoms with E-state index in [0.717, 1.165) is 12.1 Å². The molecule has 1 aromatic heterocycles. The van der Waals surface area contributed by atoms with Gasteiger partial charge in [0.05, 0.1) is 11.7 Å². The SMILES string of the molecule is Cc1cc(C)n([C@@H]2CCCC[C@H]2N)n1. The van der Waals surface area contributed by atoms with E-state index in [1.165, 1.54) is 25.0 Å². The first-order chi connectivity index (χ1) is 6.68. The Balaban J connectivity index is 2.24. The zero-order chi connectivity index (χ0) is 10.1. The fourth-order valence-electron chi connectivity index (χ4n) is 2.43. The third kappa shape index (κ3) is 1.69. The summed E-state index contributed by atoms with van der Waals surface area (Å²) in [5.41, 5.74) is 8.47. The van der Waals surface area contributed by atoms with Gasteiger partial charge >= 0.3 is 0 Å². The number of rotatable bonds is 1. The fraction of sp³-hybridized carbons (Fsp3) is 0.727. The smallest absolute Gasteiger partial charge is 0.0673 e. The van der Waals surface area contributed by atoms with Crippen molar-refractivity contribution in [1.82, 2.24) is 9.78 Å². The van der Waals surface area contributed by atoms with Gasteiger partial charge in [-0.3, -0.25) is 4.68 Å². The van der Waals surface area contributed by atoms with Gasteiger partial charge in [-0.05, 0) is 32.8 Å². The van der Waals surface area contributed by atoms with Crippen molar-refractivity contribution >= 4 is 0 Å². The van der Waals surface area contributed by atoms with Gasteiger partial charge in [0, 0.05) is 11.7 Å². The van der Waals surface area contributed by atoms with Crippen molar-refractivity contribution < 1.29 is 0 Å². The van der Waals surface area contributed by atoms with Gasteiger partial charge in [0.25, 0.3) is 0 Å². The van der Waals surface area contributed by atoms with Gasteiger partial charge in [0.2, 0.25) is 0 Å². The van der Waals surface area contributed by atoms with Crippen LogP contribution >= 0.6 is 0 Å². The molecule has 1 aromatic rings. The molecular weight excluding hydrogens is 174 g/mol. The van der Waals surface area contributed by atoms with Crippen LogP contribution in [0.1, 0.15) is 43.1 Å². The number of aromatic nitrogens is 2. The minimum atomic E-state index is 0.293. The Morgan fingerprint density at radius 3 is 2.64 bits per heavy atom. The van der Waals surface area contributed by atoms with Crippen molar-refractivity contribution in [2.45, 2.75) is 51.6 Å². The first kappa shape index (κ1) is 9.71. The highest BCUT2D eigenvalue weighted by atomic mass is 15.3. The van der Waals surface area contributed by atoms with E-state index in [2.05, 4.69) is 22.8 Å². The standard InChI is InChI=1S/C11H19N3/c1-8-7-9(2)14(13-8)11-6-4-3-5-10(11)12/h7,10-11H,3-6,12H2,1-2H3/t10-,11-/m1/s1. The van der Waals surface area contributed by atoms with Crippen molar-refractivity contribution in [3.8, 4) is 0 Å². The zero-order valence-corrected chi connectivity index (χ0v) is 9.03. The summed E-state index contributed by atoms with van der Waals surface area (Å²) in [6, 6.07) is 2.85. The lowest BCUT2D eigenvalue weighted by atomic mass is 9.91. The Labute approximate surface area is 85.3 Å². The summed E-state index contributed by atoms with van der Waals surface area (Å²) in [5.74, 6) is 0. The summed E-state index contributed by atoms with van der Waals surface area (Å²) in [6.45, 7) is 4.15. The lowest BCUT2D eigenvalue weighted by Crippen LogP contribution is -2.35. The molecule has 1 fully saturated rings. The molecule has 0 unspecified atom stereocenters. The van der Waals surface area contributed by atoms with Crippen LogP contribution in [0.25, 0.3) is 0 Å². The Bertz CT molecular complexity index is 316. The number of aryl methyl sites for hydroxylation is 2. The van der Waals surface area contributed by atoms with E-state index in [-0.39, 0.29) is 0 Å². The summed E-state index contributed by atoms with van der Waals surface area (Å²) < 4.78 is 2.12. The van der Waals surface area contributed by atoms with Crippen LogP contribution in [-0.2, 0) is 0 Å². The van der Waals surface area contributed by atoms with E-state index in [0.29, 0.717) is 12.1 Å². The van der Waals surface area contributed by atoms with E-state index < -0.39 is 0 Å². The second kappa shape index (κ2) is 3.73. The summed E-state index contributed by atoms with van der Waals surface area (Å²) in [7, 11) is 0. The van der Waals surface area contributed by atoms with E-state index in [4.69, 9.17) is 5.73 Å². The molecule has 14 heavy (non-hydrogen) atoms. The molecule has 3 heteroatoms. The highest BCUT2D eigenvalue weighted by molar-refractivity contribution is 5.08. The van der Waals surface area contributed by atoms with Crippen molar-refractivity contribution in [3.63, 3.8) is 0 Å². The molecule has 1 heterocycles. The Kier molecular flexibility index (Phi) is 2.59. The highest BCUT2D eigenvalue weighted by Gasteiger charge is 2.24. The summed E-state index contributed by atoms with van der Waals surface area (Å²) in [6.07, 6.45) is 4.89. The van der Waals surface area contributed by atoms with Crippen molar-refractivity contribution in [2.24, 2.45) is 5.73 Å². The van der Waals surface area contributed by atoms with Crippen molar-refractivity contribution in [3.05, 3.63) is 17.5 Å². The topological polar surface area (TPSA) is 43.8 Å². The molecule has 1 saturated carbocycles. The molecular formula is C11H19N3. The van der Waals surface area contributed by atoms with Crippen LogP contribution < -0.4 is 5.73 Å². The molecule has 0 aliphatic heterocycles. The molecule has 78 valence electrons. The number of nitrogens with two attached hydrogens (primary N) is 1. The zero-order valence-electron chi connectivity index (χ0n) is 9.03. The lowest BCUT2D eigenvalue weighted by Gasteiger charge is -2.29. The van der Waals surface area contributed by atoms with Gasteiger partial charge < -0.3 is 5.73 Å². The first-order valence-corrected chi connectivity index (χ1v) is 5.47. The number of hydrogen-bond donors (Lipinski definition) is 1. The average molecular weight is 193 g/mol. The van der Waals surface area contributed by atoms with Crippen molar-refractivity contribution in [2.75, 3.05) is 0 Å². The molecule has 1 aliphatic rings. The maximum Gasteiger partial charge on any atom is 0.0673 e. The van der Waals surface area contributed by atoms with E-state index in [1.54, 1.807) is 0 Å². The molecule has 0 bridgehead atoms. The second-order valence-electron chi connectivity index (χ2n) is 4.39. The van der Waals surface area contributed by atoms with Gasteiger partial charge in [0.1, 0.15) is 0 Å². The summed E-state index contributed by atoms with van der Waals surface area (Å²) >= 11 is 0. The summed E-state index contributed by atoms with van der Waals surface area (Å²) in [5, 5.41) is 4.52. The number of hydrogen-bond acceptors (Lipinski definition) is 2. The molecule has 2 rings (SSSR count). The molecule has 1 aliphatic carbocycles. The third-order valence-corrected chi connectivity index (χ3v) is 3.14. The Morgan fingerprint density at radius 2 is 2.07 bits per heavy atom. The second-order valence-corrected chi connectivity index (χ2v) is 4.39. The van der Waals surface area contributed by atoms with E-state index in [9.17, 15) is 0 Å². The normalized spacial score (nSPS) is 27.9. The van der Waals surface area contributed by atoms with E-state index >= 15 is 0 Å². The average Bonchev–Trinajstić information content (AvgIpc) is 2.46. The van der Waals surface area contributed by atoms with Gasteiger partial charge in [-0.1, -0.05) is 12.8 Å². The maximum absolute atomic E-state index is 6.13. The minimum absolute atomic E-state index is 0.293. The minimum Gasteiger partial charge on any atom is -0.326 e. The Hall–Kier alpha value is -0.830. The molecule has 0 radical (unpaired) electrons. The van der Waals surface area contributed by atoms with Gasteiger partial charge in [-0.15, -0.1) is 0 Å². The van der Waals surface area contributed by atoms with Crippen LogP contribution in [0, 0.1) is 13.8 Å². The predicted octanol–water partition coefficient (Wildman–Crippen LogP) is 1.94. The molecule has 2 N–H and O–H groups in total. The molecule has 3 nitrogen and oxygen atoms in total.